The molecule has 0 saturated carbocycles. The first-order chi connectivity index (χ1) is 9.58. The maximum atomic E-state index is 12.6. The zero-order valence-electron chi connectivity index (χ0n) is 11.2. The Morgan fingerprint density at radius 1 is 1.00 bits per heavy atom. The predicted octanol–water partition coefficient (Wildman–Crippen LogP) is 4.57. The summed E-state index contributed by atoms with van der Waals surface area (Å²) in [4.78, 5) is 8.13. The molecule has 3 nitrogen and oxygen atoms in total. The molecule has 0 N–H and O–H groups in total. The summed E-state index contributed by atoms with van der Waals surface area (Å²) in [5.41, 5.74) is 2.64. The molecule has 0 aromatic heterocycles. The van der Waals surface area contributed by atoms with Gasteiger partial charge in [-0.3, -0.25) is 0 Å². The monoisotopic (exact) mass is 280 g/mol. The highest BCUT2D eigenvalue weighted by Crippen LogP contribution is 2.29. The van der Waals surface area contributed by atoms with Gasteiger partial charge in [-0.1, -0.05) is 30.3 Å². The topological polar surface area (TPSA) is 25.8 Å². The van der Waals surface area contributed by atoms with E-state index >= 15 is 0 Å². The van der Waals surface area contributed by atoms with E-state index in [1.165, 1.54) is 0 Å². The van der Waals surface area contributed by atoms with Crippen molar-refractivity contribution < 1.29 is 4.21 Å². The second-order valence-electron chi connectivity index (χ2n) is 4.34. The van der Waals surface area contributed by atoms with Crippen LogP contribution in [0, 0.1) is 27.0 Å². The average molecular weight is 280 g/mol. The minimum Gasteiger partial charge on any atom is -0.249 e. The third-order valence-corrected chi connectivity index (χ3v) is 4.60. The molecular formula is C16H12N2OS. The van der Waals surface area contributed by atoms with Crippen LogP contribution in [-0.2, 0) is 10.8 Å². The molecular weight excluding hydrogens is 268 g/mol. The van der Waals surface area contributed by atoms with Crippen LogP contribution in [0.2, 0.25) is 0 Å². The van der Waals surface area contributed by atoms with E-state index in [1.807, 2.05) is 6.92 Å². The maximum absolute atomic E-state index is 12.6. The molecule has 20 heavy (non-hydrogen) atoms. The fourth-order valence-corrected chi connectivity index (χ4v) is 3.23. The van der Waals surface area contributed by atoms with E-state index in [1.54, 1.807) is 43.3 Å². The summed E-state index contributed by atoms with van der Waals surface area (Å²) in [5, 5.41) is 0. The van der Waals surface area contributed by atoms with Crippen molar-refractivity contribution in [1.29, 1.82) is 0 Å². The Kier molecular flexibility index (Phi) is 3.98. The van der Waals surface area contributed by atoms with E-state index in [9.17, 15) is 4.21 Å². The smallest absolute Gasteiger partial charge is 0.191 e. The molecule has 1 unspecified atom stereocenters. The summed E-state index contributed by atoms with van der Waals surface area (Å²) >= 11 is 0. The van der Waals surface area contributed by atoms with Crippen molar-refractivity contribution in [2.24, 2.45) is 0 Å². The lowest BCUT2D eigenvalue weighted by Crippen LogP contribution is -1.96. The van der Waals surface area contributed by atoms with E-state index < -0.39 is 10.8 Å². The standard InChI is InChI=1S/C16H12N2OS/c1-11-10-13(8-9-14(11)17-3)20(19)16-7-5-6-15(18-4)12(16)2/h5-10H,1-2H3. The Labute approximate surface area is 121 Å². The van der Waals surface area contributed by atoms with Crippen LogP contribution in [-0.4, -0.2) is 4.21 Å². The SMILES string of the molecule is [C-]#[N+]c1ccc(S(=O)c2cccc([N+]#[C-])c2C)cc1C. The number of rotatable bonds is 2. The van der Waals surface area contributed by atoms with E-state index in [0.717, 1.165) is 11.1 Å². The van der Waals surface area contributed by atoms with Gasteiger partial charge in [0.2, 0.25) is 0 Å². The molecule has 98 valence electrons. The second kappa shape index (κ2) is 5.69. The molecule has 0 saturated heterocycles. The van der Waals surface area contributed by atoms with E-state index in [0.29, 0.717) is 21.2 Å². The summed E-state index contributed by atoms with van der Waals surface area (Å²) in [5.74, 6) is 0. The fourth-order valence-electron chi connectivity index (χ4n) is 1.92. The van der Waals surface area contributed by atoms with Crippen molar-refractivity contribution in [3.8, 4) is 0 Å². The van der Waals surface area contributed by atoms with Crippen LogP contribution in [0.15, 0.2) is 46.2 Å². The van der Waals surface area contributed by atoms with Gasteiger partial charge in [-0.25, -0.2) is 13.9 Å². The van der Waals surface area contributed by atoms with Crippen LogP contribution in [0.25, 0.3) is 9.69 Å². The normalized spacial score (nSPS) is 11.4. The molecule has 2 rings (SSSR count). The lowest BCUT2D eigenvalue weighted by Gasteiger charge is -2.08. The van der Waals surface area contributed by atoms with Gasteiger partial charge >= 0.3 is 0 Å². The third-order valence-electron chi connectivity index (χ3n) is 3.08. The predicted molar refractivity (Wildman–Crippen MR) is 79.6 cm³/mol. The quantitative estimate of drug-likeness (QED) is 0.740. The number of benzene rings is 2. The molecule has 2 aromatic carbocycles. The first kappa shape index (κ1) is 14.0. The zero-order valence-corrected chi connectivity index (χ0v) is 12.0. The van der Waals surface area contributed by atoms with Gasteiger partial charge in [-0.2, -0.15) is 0 Å². The highest BCUT2D eigenvalue weighted by atomic mass is 32.2. The number of hydrogen-bond donors (Lipinski definition) is 0. The van der Waals surface area contributed by atoms with Crippen molar-refractivity contribution in [2.75, 3.05) is 0 Å². The van der Waals surface area contributed by atoms with Crippen LogP contribution >= 0.6 is 0 Å². The Hall–Kier alpha value is -2.43. The molecule has 0 radical (unpaired) electrons. The highest BCUT2D eigenvalue weighted by Gasteiger charge is 2.13. The van der Waals surface area contributed by atoms with Crippen molar-refractivity contribution >= 4 is 22.2 Å². The van der Waals surface area contributed by atoms with Gasteiger partial charge < -0.3 is 0 Å². The molecule has 0 spiro atoms. The molecule has 2 aromatic rings. The van der Waals surface area contributed by atoms with Gasteiger partial charge in [-0.05, 0) is 31.0 Å². The molecule has 4 heteroatoms. The molecule has 0 aliphatic carbocycles. The van der Waals surface area contributed by atoms with Crippen molar-refractivity contribution in [3.63, 3.8) is 0 Å². The molecule has 0 bridgehead atoms. The molecule has 1 atom stereocenters. The Balaban J connectivity index is 2.51. The first-order valence-electron chi connectivity index (χ1n) is 5.95. The van der Waals surface area contributed by atoms with Crippen molar-refractivity contribution in [2.45, 2.75) is 23.6 Å². The molecule has 0 aliphatic heterocycles. The summed E-state index contributed by atoms with van der Waals surface area (Å²) in [6, 6.07) is 10.4. The third kappa shape index (κ3) is 2.47. The minimum absolute atomic E-state index is 0.519. The first-order valence-corrected chi connectivity index (χ1v) is 7.10. The van der Waals surface area contributed by atoms with Crippen LogP contribution < -0.4 is 0 Å². The number of aryl methyl sites for hydroxylation is 1. The lowest BCUT2D eigenvalue weighted by molar-refractivity contribution is 0.682. The Morgan fingerprint density at radius 3 is 2.30 bits per heavy atom. The molecule has 0 amide bonds. The van der Waals surface area contributed by atoms with E-state index in [4.69, 9.17) is 13.1 Å². The largest absolute Gasteiger partial charge is 0.249 e. The van der Waals surface area contributed by atoms with Crippen LogP contribution in [0.4, 0.5) is 11.4 Å². The molecule has 0 fully saturated rings. The fraction of sp³-hybridized carbons (Fsp3) is 0.125. The summed E-state index contributed by atoms with van der Waals surface area (Å²) < 4.78 is 12.6. The van der Waals surface area contributed by atoms with Gasteiger partial charge in [0.15, 0.2) is 11.4 Å². The highest BCUT2D eigenvalue weighted by molar-refractivity contribution is 7.85. The number of hydrogen-bond acceptors (Lipinski definition) is 1. The van der Waals surface area contributed by atoms with Gasteiger partial charge in [0.05, 0.1) is 23.9 Å². The van der Waals surface area contributed by atoms with Gasteiger partial charge in [-0.15, -0.1) is 0 Å². The lowest BCUT2D eigenvalue weighted by atomic mass is 10.2. The van der Waals surface area contributed by atoms with E-state index in [-0.39, 0.29) is 0 Å². The maximum Gasteiger partial charge on any atom is 0.191 e. The van der Waals surface area contributed by atoms with Crippen molar-refractivity contribution in [3.05, 3.63) is 70.4 Å². The summed E-state index contributed by atoms with van der Waals surface area (Å²) in [7, 11) is -1.34. The summed E-state index contributed by atoms with van der Waals surface area (Å²) in [6.45, 7) is 17.8. The van der Waals surface area contributed by atoms with Crippen LogP contribution in [0.1, 0.15) is 11.1 Å². The second-order valence-corrected chi connectivity index (χ2v) is 5.79. The molecule has 0 aliphatic rings. The minimum atomic E-state index is -1.34. The van der Waals surface area contributed by atoms with Gasteiger partial charge in [0.25, 0.3) is 0 Å². The Morgan fingerprint density at radius 2 is 1.70 bits per heavy atom. The van der Waals surface area contributed by atoms with Crippen LogP contribution in [0.3, 0.4) is 0 Å². The number of nitrogens with zero attached hydrogens (tertiary/aromatic N) is 2. The zero-order chi connectivity index (χ0) is 14.7. The van der Waals surface area contributed by atoms with E-state index in [2.05, 4.69) is 9.69 Å². The van der Waals surface area contributed by atoms with Crippen molar-refractivity contribution in [1.82, 2.24) is 0 Å². The molecule has 0 heterocycles. The van der Waals surface area contributed by atoms with Gasteiger partial charge in [0, 0.05) is 9.79 Å². The summed E-state index contributed by atoms with van der Waals surface area (Å²) in [6.07, 6.45) is 0. The average Bonchev–Trinajstić information content (AvgIpc) is 2.46. The van der Waals surface area contributed by atoms with Crippen LogP contribution in [0.5, 0.6) is 0 Å². The van der Waals surface area contributed by atoms with Gasteiger partial charge in [0.1, 0.15) is 0 Å². The Bertz CT molecular complexity index is 782.